The molecule has 0 bridgehead atoms. The number of halogens is 1. The van der Waals surface area contributed by atoms with Gasteiger partial charge in [0.05, 0.1) is 0 Å². The number of amides is 1. The Balaban J connectivity index is 1.59. The average Bonchev–Trinajstić information content (AvgIpc) is 3.10. The topological polar surface area (TPSA) is 58.8 Å². The molecule has 1 unspecified atom stereocenters. The summed E-state index contributed by atoms with van der Waals surface area (Å²) in [5, 5.41) is 3.81. The lowest BCUT2D eigenvalue weighted by Crippen LogP contribution is -2.49. The molecular formula is C18H22FN3O3. The van der Waals surface area contributed by atoms with Crippen molar-refractivity contribution in [1.29, 1.82) is 0 Å². The molecule has 6 nitrogen and oxygen atoms in total. The number of hydrogen-bond acceptors (Lipinski definition) is 5. The monoisotopic (exact) mass is 347 g/mol. The Labute approximate surface area is 146 Å². The van der Waals surface area contributed by atoms with E-state index in [-0.39, 0.29) is 24.4 Å². The van der Waals surface area contributed by atoms with Gasteiger partial charge in [0, 0.05) is 51.0 Å². The van der Waals surface area contributed by atoms with E-state index in [1.807, 2.05) is 19.1 Å². The third kappa shape index (κ3) is 3.88. The van der Waals surface area contributed by atoms with E-state index < -0.39 is 0 Å². The van der Waals surface area contributed by atoms with Crippen LogP contribution in [0.4, 0.5) is 4.39 Å². The highest BCUT2D eigenvalue weighted by Gasteiger charge is 2.27. The van der Waals surface area contributed by atoms with E-state index in [2.05, 4.69) is 10.1 Å². The summed E-state index contributed by atoms with van der Waals surface area (Å²) < 4.78 is 24.0. The van der Waals surface area contributed by atoms with E-state index in [1.54, 1.807) is 24.1 Å². The van der Waals surface area contributed by atoms with Gasteiger partial charge in [0.25, 0.3) is 5.91 Å². The van der Waals surface area contributed by atoms with Gasteiger partial charge in [0.15, 0.2) is 11.5 Å². The maximum Gasteiger partial charge on any atom is 0.276 e. The average molecular weight is 347 g/mol. The minimum absolute atomic E-state index is 0.0289. The molecule has 1 fully saturated rings. The second-order valence-corrected chi connectivity index (χ2v) is 6.14. The fourth-order valence-electron chi connectivity index (χ4n) is 3.11. The smallest absolute Gasteiger partial charge is 0.276 e. The van der Waals surface area contributed by atoms with Crippen molar-refractivity contribution in [3.05, 3.63) is 53.2 Å². The van der Waals surface area contributed by atoms with Crippen LogP contribution >= 0.6 is 0 Å². The molecule has 1 aromatic carbocycles. The Bertz CT molecular complexity index is 726. The maximum atomic E-state index is 14.0. The van der Waals surface area contributed by atoms with Gasteiger partial charge in [-0.05, 0) is 13.0 Å². The van der Waals surface area contributed by atoms with Crippen LogP contribution in [0.3, 0.4) is 0 Å². The molecule has 0 aliphatic carbocycles. The number of hydrogen-bond donors (Lipinski definition) is 0. The first kappa shape index (κ1) is 17.6. The number of carbonyl (C=O) groups excluding carboxylic acids is 1. The van der Waals surface area contributed by atoms with Crippen molar-refractivity contribution in [2.45, 2.75) is 19.6 Å². The molecule has 134 valence electrons. The first-order chi connectivity index (χ1) is 12.1. The fraction of sp³-hybridized carbons (Fsp3) is 0.444. The van der Waals surface area contributed by atoms with Crippen molar-refractivity contribution in [1.82, 2.24) is 15.0 Å². The van der Waals surface area contributed by atoms with E-state index in [0.717, 1.165) is 0 Å². The van der Waals surface area contributed by atoms with Crippen molar-refractivity contribution >= 4 is 5.91 Å². The van der Waals surface area contributed by atoms with E-state index in [4.69, 9.17) is 9.26 Å². The number of nitrogens with zero attached hydrogens (tertiary/aromatic N) is 3. The minimum Gasteiger partial charge on any atom is -0.377 e. The van der Waals surface area contributed by atoms with Crippen LogP contribution in [0.5, 0.6) is 0 Å². The highest BCUT2D eigenvalue weighted by molar-refractivity contribution is 5.92. The molecular weight excluding hydrogens is 325 g/mol. The first-order valence-corrected chi connectivity index (χ1v) is 8.32. The summed E-state index contributed by atoms with van der Waals surface area (Å²) in [6, 6.07) is 8.41. The van der Waals surface area contributed by atoms with Gasteiger partial charge in [-0.15, -0.1) is 0 Å². The molecule has 1 amide bonds. The van der Waals surface area contributed by atoms with Crippen molar-refractivity contribution in [2.24, 2.45) is 0 Å². The first-order valence-electron chi connectivity index (χ1n) is 8.32. The van der Waals surface area contributed by atoms with Gasteiger partial charge in [0.1, 0.15) is 12.4 Å². The molecule has 0 radical (unpaired) electrons. The van der Waals surface area contributed by atoms with Crippen LogP contribution in [0.25, 0.3) is 0 Å². The number of methoxy groups -OCH3 is 1. The van der Waals surface area contributed by atoms with Crippen molar-refractivity contribution in [3.8, 4) is 0 Å². The minimum atomic E-state index is -0.193. The summed E-state index contributed by atoms with van der Waals surface area (Å²) in [7, 11) is 1.56. The van der Waals surface area contributed by atoms with Crippen LogP contribution in [-0.4, -0.2) is 54.2 Å². The summed E-state index contributed by atoms with van der Waals surface area (Å²) in [4.78, 5) is 16.4. The fourth-order valence-corrected chi connectivity index (χ4v) is 3.11. The maximum absolute atomic E-state index is 14.0. The Morgan fingerprint density at radius 1 is 1.32 bits per heavy atom. The summed E-state index contributed by atoms with van der Waals surface area (Å²) in [6.07, 6.45) is 0. The number of piperazine rings is 1. The summed E-state index contributed by atoms with van der Waals surface area (Å²) in [5.41, 5.74) is 0.977. The molecule has 1 saturated heterocycles. The van der Waals surface area contributed by atoms with Gasteiger partial charge < -0.3 is 14.2 Å². The van der Waals surface area contributed by atoms with Gasteiger partial charge in [-0.2, -0.15) is 0 Å². The molecule has 1 atom stereocenters. The number of ether oxygens (including phenoxy) is 1. The zero-order valence-corrected chi connectivity index (χ0v) is 14.4. The normalized spacial score (nSPS) is 16.8. The molecule has 25 heavy (non-hydrogen) atoms. The third-order valence-corrected chi connectivity index (χ3v) is 4.57. The molecule has 1 aliphatic heterocycles. The molecule has 1 aromatic heterocycles. The van der Waals surface area contributed by atoms with Crippen LogP contribution in [0, 0.1) is 5.82 Å². The second-order valence-electron chi connectivity index (χ2n) is 6.14. The summed E-state index contributed by atoms with van der Waals surface area (Å²) in [6.45, 7) is 4.79. The van der Waals surface area contributed by atoms with Crippen molar-refractivity contribution in [3.63, 3.8) is 0 Å². The predicted molar refractivity (Wildman–Crippen MR) is 89.5 cm³/mol. The van der Waals surface area contributed by atoms with Gasteiger partial charge in [-0.25, -0.2) is 4.39 Å². The van der Waals surface area contributed by atoms with Crippen LogP contribution in [0.15, 0.2) is 34.9 Å². The van der Waals surface area contributed by atoms with E-state index in [0.29, 0.717) is 43.2 Å². The van der Waals surface area contributed by atoms with Crippen LogP contribution < -0.4 is 0 Å². The SMILES string of the molecule is COCc1cc(C(=O)N2CCN(C(C)c3ccccc3F)CC2)no1. The largest absolute Gasteiger partial charge is 0.377 e. The van der Waals surface area contributed by atoms with E-state index in [1.165, 1.54) is 6.07 Å². The lowest BCUT2D eigenvalue weighted by molar-refractivity contribution is 0.0569. The standard InChI is InChI=1S/C18H22FN3O3/c1-13(15-5-3-4-6-16(15)19)21-7-9-22(10-8-21)18(23)17-11-14(12-24-2)25-20-17/h3-6,11,13H,7-10,12H2,1-2H3. The van der Waals surface area contributed by atoms with Crippen LogP contribution in [0.2, 0.25) is 0 Å². The lowest BCUT2D eigenvalue weighted by atomic mass is 10.1. The second kappa shape index (κ2) is 7.76. The summed E-state index contributed by atoms with van der Waals surface area (Å²) in [5.74, 6) is 0.184. The molecule has 1 aliphatic rings. The van der Waals surface area contributed by atoms with E-state index >= 15 is 0 Å². The number of carbonyl (C=O) groups is 1. The zero-order valence-electron chi connectivity index (χ0n) is 14.4. The van der Waals surface area contributed by atoms with Gasteiger partial charge in [-0.1, -0.05) is 23.4 Å². The highest BCUT2D eigenvalue weighted by Crippen LogP contribution is 2.24. The Morgan fingerprint density at radius 3 is 2.72 bits per heavy atom. The Morgan fingerprint density at radius 2 is 2.04 bits per heavy atom. The Kier molecular flexibility index (Phi) is 5.45. The lowest BCUT2D eigenvalue weighted by Gasteiger charge is -2.38. The molecule has 0 N–H and O–H groups in total. The van der Waals surface area contributed by atoms with Crippen LogP contribution in [0.1, 0.15) is 34.8 Å². The van der Waals surface area contributed by atoms with Gasteiger partial charge >= 0.3 is 0 Å². The number of aromatic nitrogens is 1. The molecule has 0 saturated carbocycles. The van der Waals surface area contributed by atoms with Crippen molar-refractivity contribution in [2.75, 3.05) is 33.3 Å². The van der Waals surface area contributed by atoms with Crippen LogP contribution in [-0.2, 0) is 11.3 Å². The zero-order chi connectivity index (χ0) is 17.8. The van der Waals surface area contributed by atoms with Crippen molar-refractivity contribution < 1.29 is 18.4 Å². The van der Waals surface area contributed by atoms with Gasteiger partial charge in [0.2, 0.25) is 0 Å². The molecule has 2 aromatic rings. The number of benzene rings is 1. The molecule has 2 heterocycles. The Hall–Kier alpha value is -2.25. The quantitative estimate of drug-likeness (QED) is 0.832. The molecule has 7 heteroatoms. The van der Waals surface area contributed by atoms with Gasteiger partial charge in [-0.3, -0.25) is 9.69 Å². The number of rotatable bonds is 5. The highest BCUT2D eigenvalue weighted by atomic mass is 19.1. The predicted octanol–water partition coefficient (Wildman–Crippen LogP) is 2.48. The summed E-state index contributed by atoms with van der Waals surface area (Å²) >= 11 is 0. The molecule has 0 spiro atoms. The van der Waals surface area contributed by atoms with E-state index in [9.17, 15) is 9.18 Å². The third-order valence-electron chi connectivity index (χ3n) is 4.57. The molecule has 3 rings (SSSR count).